The summed E-state index contributed by atoms with van der Waals surface area (Å²) in [4.78, 5) is 13.9. The molecule has 23 heavy (non-hydrogen) atoms. The van der Waals surface area contributed by atoms with Gasteiger partial charge in [-0.25, -0.2) is 8.78 Å². The normalized spacial score (nSPS) is 11.9. The summed E-state index contributed by atoms with van der Waals surface area (Å²) in [5, 5.41) is 12.4. The molecule has 0 saturated heterocycles. The Kier molecular flexibility index (Phi) is 5.28. The zero-order valence-corrected chi connectivity index (χ0v) is 12.9. The van der Waals surface area contributed by atoms with Crippen molar-refractivity contribution in [3.8, 4) is 0 Å². The number of hydrogen-bond acceptors (Lipinski definition) is 3. The van der Waals surface area contributed by atoms with E-state index < -0.39 is 17.7 Å². The smallest absolute Gasteiger partial charge is 0.251 e. The van der Waals surface area contributed by atoms with Crippen LogP contribution in [-0.2, 0) is 0 Å². The highest BCUT2D eigenvalue weighted by molar-refractivity contribution is 5.94. The number of carbonyl (C=O) groups is 1. The van der Waals surface area contributed by atoms with Gasteiger partial charge >= 0.3 is 0 Å². The van der Waals surface area contributed by atoms with Crippen LogP contribution < -0.4 is 10.2 Å². The Hall–Kier alpha value is -2.47. The summed E-state index contributed by atoms with van der Waals surface area (Å²) < 4.78 is 26.4. The molecule has 0 aliphatic heterocycles. The molecule has 0 radical (unpaired) electrons. The molecule has 0 fully saturated rings. The number of halogens is 2. The van der Waals surface area contributed by atoms with Crippen molar-refractivity contribution in [1.82, 2.24) is 5.32 Å². The summed E-state index contributed by atoms with van der Waals surface area (Å²) in [6, 6.07) is 9.83. The SMILES string of the molecule is CN(C)c1ccc(C(=O)NC[C@@H](O)c2ccc(F)cc2F)cc1. The van der Waals surface area contributed by atoms with E-state index in [0.717, 1.165) is 17.8 Å². The van der Waals surface area contributed by atoms with Gasteiger partial charge in [-0.2, -0.15) is 0 Å². The minimum atomic E-state index is -1.25. The Morgan fingerprint density at radius 1 is 1.17 bits per heavy atom. The molecule has 0 aliphatic rings. The second-order valence-corrected chi connectivity index (χ2v) is 5.33. The molecule has 0 heterocycles. The lowest BCUT2D eigenvalue weighted by atomic mass is 10.1. The number of aliphatic hydroxyl groups excluding tert-OH is 1. The fourth-order valence-corrected chi connectivity index (χ4v) is 2.08. The van der Waals surface area contributed by atoms with Crippen molar-refractivity contribution in [2.45, 2.75) is 6.10 Å². The van der Waals surface area contributed by atoms with Crippen LogP contribution in [0.2, 0.25) is 0 Å². The van der Waals surface area contributed by atoms with Crippen molar-refractivity contribution in [1.29, 1.82) is 0 Å². The summed E-state index contributed by atoms with van der Waals surface area (Å²) >= 11 is 0. The molecular formula is C17H18F2N2O2. The van der Waals surface area contributed by atoms with Gasteiger partial charge in [0, 0.05) is 43.5 Å². The summed E-state index contributed by atoms with van der Waals surface area (Å²) in [6.07, 6.45) is -1.25. The van der Waals surface area contributed by atoms with Crippen molar-refractivity contribution in [3.63, 3.8) is 0 Å². The van der Waals surface area contributed by atoms with Crippen LogP contribution >= 0.6 is 0 Å². The lowest BCUT2D eigenvalue weighted by Crippen LogP contribution is -2.28. The maximum atomic E-state index is 13.6. The molecule has 0 spiro atoms. The van der Waals surface area contributed by atoms with E-state index in [1.54, 1.807) is 24.3 Å². The molecule has 0 aliphatic carbocycles. The van der Waals surface area contributed by atoms with E-state index >= 15 is 0 Å². The Morgan fingerprint density at radius 3 is 2.39 bits per heavy atom. The highest BCUT2D eigenvalue weighted by Crippen LogP contribution is 2.18. The van der Waals surface area contributed by atoms with Crippen molar-refractivity contribution in [2.24, 2.45) is 0 Å². The Bertz CT molecular complexity index is 687. The molecular weight excluding hydrogens is 302 g/mol. The second-order valence-electron chi connectivity index (χ2n) is 5.33. The zero-order chi connectivity index (χ0) is 17.0. The van der Waals surface area contributed by atoms with E-state index in [4.69, 9.17) is 0 Å². The molecule has 122 valence electrons. The van der Waals surface area contributed by atoms with Gasteiger partial charge in [0.1, 0.15) is 11.6 Å². The number of carbonyl (C=O) groups excluding carboxylic acids is 1. The number of anilines is 1. The zero-order valence-electron chi connectivity index (χ0n) is 12.9. The number of hydrogen-bond donors (Lipinski definition) is 2. The number of amides is 1. The fourth-order valence-electron chi connectivity index (χ4n) is 2.08. The van der Waals surface area contributed by atoms with Crippen LogP contribution in [0.5, 0.6) is 0 Å². The second kappa shape index (κ2) is 7.19. The molecule has 6 heteroatoms. The first kappa shape index (κ1) is 16.9. The van der Waals surface area contributed by atoms with E-state index in [2.05, 4.69) is 5.32 Å². The van der Waals surface area contributed by atoms with Crippen molar-refractivity contribution in [2.75, 3.05) is 25.5 Å². The molecule has 2 rings (SSSR count). The Labute approximate surface area is 133 Å². The predicted octanol–water partition coefficient (Wildman–Crippen LogP) is 2.49. The molecule has 1 atom stereocenters. The fraction of sp³-hybridized carbons (Fsp3) is 0.235. The van der Waals surface area contributed by atoms with Crippen molar-refractivity contribution < 1.29 is 18.7 Å². The minimum absolute atomic E-state index is 0.0605. The number of nitrogens with zero attached hydrogens (tertiary/aromatic N) is 1. The standard InChI is InChI=1S/C17H18F2N2O2/c1-21(2)13-6-3-11(4-7-13)17(23)20-10-16(22)14-8-5-12(18)9-15(14)19/h3-9,16,22H,10H2,1-2H3,(H,20,23)/t16-/m1/s1. The van der Waals surface area contributed by atoms with E-state index in [9.17, 15) is 18.7 Å². The summed E-state index contributed by atoms with van der Waals surface area (Å²) in [5.41, 5.74) is 1.33. The van der Waals surface area contributed by atoms with Gasteiger partial charge in [0.25, 0.3) is 5.91 Å². The third-order valence-corrected chi connectivity index (χ3v) is 3.42. The molecule has 0 bridgehead atoms. The molecule has 0 aromatic heterocycles. The third-order valence-electron chi connectivity index (χ3n) is 3.42. The van der Waals surface area contributed by atoms with E-state index in [1.165, 1.54) is 0 Å². The summed E-state index contributed by atoms with van der Waals surface area (Å²) in [7, 11) is 3.78. The third kappa shape index (κ3) is 4.26. The maximum absolute atomic E-state index is 13.6. The lowest BCUT2D eigenvalue weighted by molar-refractivity contribution is 0.0914. The number of nitrogens with one attached hydrogen (secondary N) is 1. The van der Waals surface area contributed by atoms with Gasteiger partial charge in [-0.15, -0.1) is 0 Å². The maximum Gasteiger partial charge on any atom is 0.251 e. The molecule has 0 saturated carbocycles. The summed E-state index contributed by atoms with van der Waals surface area (Å²) in [6.45, 7) is -0.170. The number of rotatable bonds is 5. The quantitative estimate of drug-likeness (QED) is 0.890. The minimum Gasteiger partial charge on any atom is -0.386 e. The van der Waals surface area contributed by atoms with Crippen LogP contribution in [0.3, 0.4) is 0 Å². The van der Waals surface area contributed by atoms with Gasteiger partial charge in [-0.1, -0.05) is 6.07 Å². The van der Waals surface area contributed by atoms with Gasteiger partial charge in [-0.3, -0.25) is 4.79 Å². The van der Waals surface area contributed by atoms with Crippen molar-refractivity contribution in [3.05, 3.63) is 65.2 Å². The summed E-state index contributed by atoms with van der Waals surface area (Å²) in [5.74, 6) is -1.94. The monoisotopic (exact) mass is 320 g/mol. The first-order chi connectivity index (χ1) is 10.9. The molecule has 2 aromatic rings. The molecule has 0 unspecified atom stereocenters. The topological polar surface area (TPSA) is 52.6 Å². The molecule has 2 N–H and O–H groups in total. The van der Waals surface area contributed by atoms with Gasteiger partial charge in [0.05, 0.1) is 6.10 Å². The Balaban J connectivity index is 1.98. The molecule has 1 amide bonds. The molecule has 4 nitrogen and oxygen atoms in total. The van der Waals surface area contributed by atoms with Crippen LogP contribution in [0.25, 0.3) is 0 Å². The van der Waals surface area contributed by atoms with Crippen LogP contribution in [0.15, 0.2) is 42.5 Å². The average molecular weight is 320 g/mol. The van der Waals surface area contributed by atoms with Gasteiger partial charge < -0.3 is 15.3 Å². The largest absolute Gasteiger partial charge is 0.386 e. The average Bonchev–Trinajstić information content (AvgIpc) is 2.52. The van der Waals surface area contributed by atoms with E-state index in [1.807, 2.05) is 19.0 Å². The highest BCUT2D eigenvalue weighted by atomic mass is 19.1. The van der Waals surface area contributed by atoms with E-state index in [-0.39, 0.29) is 18.0 Å². The predicted molar refractivity (Wildman–Crippen MR) is 84.4 cm³/mol. The first-order valence-electron chi connectivity index (χ1n) is 7.07. The van der Waals surface area contributed by atoms with Gasteiger partial charge in [0.15, 0.2) is 0 Å². The van der Waals surface area contributed by atoms with Crippen LogP contribution in [0, 0.1) is 11.6 Å². The van der Waals surface area contributed by atoms with Crippen LogP contribution in [0.1, 0.15) is 22.0 Å². The number of aliphatic hydroxyl groups is 1. The molecule has 2 aromatic carbocycles. The first-order valence-corrected chi connectivity index (χ1v) is 7.07. The van der Waals surface area contributed by atoms with Crippen LogP contribution in [0.4, 0.5) is 14.5 Å². The van der Waals surface area contributed by atoms with Gasteiger partial charge in [0.2, 0.25) is 0 Å². The van der Waals surface area contributed by atoms with Gasteiger partial charge in [-0.05, 0) is 30.3 Å². The van der Waals surface area contributed by atoms with Crippen molar-refractivity contribution >= 4 is 11.6 Å². The Morgan fingerprint density at radius 2 is 1.83 bits per heavy atom. The lowest BCUT2D eigenvalue weighted by Gasteiger charge is -2.14. The van der Waals surface area contributed by atoms with E-state index in [0.29, 0.717) is 11.6 Å². The highest BCUT2D eigenvalue weighted by Gasteiger charge is 2.15. The van der Waals surface area contributed by atoms with Crippen LogP contribution in [-0.4, -0.2) is 31.7 Å². The number of benzene rings is 2.